The topological polar surface area (TPSA) is 19.6 Å². The Kier molecular flexibility index (Phi) is 8.72. The van der Waals surface area contributed by atoms with E-state index in [1.807, 2.05) is 0 Å². The highest BCUT2D eigenvalue weighted by Crippen LogP contribution is 2.63. The minimum Gasteiger partial charge on any atom is -0.440 e. The molecule has 2 unspecified atom stereocenters. The highest BCUT2D eigenvalue weighted by atomic mass is 16.4. The van der Waals surface area contributed by atoms with Gasteiger partial charge in [-0.15, -0.1) is 0 Å². The largest absolute Gasteiger partial charge is 0.440 e. The smallest absolute Gasteiger partial charge is 0.257 e. The summed E-state index contributed by atoms with van der Waals surface area (Å²) in [5, 5.41) is 1.25. The molecule has 2 atom stereocenters. The first kappa shape index (κ1) is 41.9. The summed E-state index contributed by atoms with van der Waals surface area (Å²) in [6, 6.07) is 55.9. The number of furan rings is 1. The van der Waals surface area contributed by atoms with Gasteiger partial charge in [-0.1, -0.05) is 171 Å². The minimum absolute atomic E-state index is 0.0329. The zero-order chi connectivity index (χ0) is 46.7. The highest BCUT2D eigenvalue weighted by Gasteiger charge is 2.62. The van der Waals surface area contributed by atoms with E-state index in [4.69, 9.17) is 4.42 Å². The molecule has 4 heteroatoms. The SMILES string of the molecule is CC(C)(C)c1ccc(N2c3cc(-c4ccccc4)cc4c3B(c3cc(-c5ccccc5)cc5c3N4C3(C)CCCCC53C)c3c2oc2cc4c(cc32)C(C)(C)CCC4(C)C)c(-c2ccccc2)c1. The van der Waals surface area contributed by atoms with Crippen molar-refractivity contribution in [1.82, 2.24) is 0 Å². The van der Waals surface area contributed by atoms with Gasteiger partial charge in [0.1, 0.15) is 5.58 Å². The summed E-state index contributed by atoms with van der Waals surface area (Å²) in [4.78, 5) is 5.44. The predicted octanol–water partition coefficient (Wildman–Crippen LogP) is 15.4. The van der Waals surface area contributed by atoms with E-state index >= 15 is 0 Å². The molecule has 3 aliphatic heterocycles. The van der Waals surface area contributed by atoms with E-state index in [0.717, 1.165) is 36.4 Å². The van der Waals surface area contributed by atoms with E-state index in [2.05, 4.69) is 218 Å². The van der Waals surface area contributed by atoms with Crippen LogP contribution in [0.3, 0.4) is 0 Å². The van der Waals surface area contributed by atoms with Gasteiger partial charge in [-0.25, -0.2) is 0 Å². The van der Waals surface area contributed by atoms with Crippen LogP contribution in [-0.2, 0) is 21.7 Å². The van der Waals surface area contributed by atoms with Crippen molar-refractivity contribution in [2.24, 2.45) is 0 Å². The van der Waals surface area contributed by atoms with Crippen LogP contribution in [0.25, 0.3) is 44.3 Å². The third-order valence-corrected chi connectivity index (χ3v) is 18.0. The fraction of sp³-hybridized carbons (Fsp3) is 0.312. The van der Waals surface area contributed by atoms with Gasteiger partial charge in [0, 0.05) is 38.9 Å². The molecule has 0 N–H and O–H groups in total. The zero-order valence-electron chi connectivity index (χ0n) is 41.5. The molecular weight excluding hydrogens is 824 g/mol. The van der Waals surface area contributed by atoms with Crippen molar-refractivity contribution < 1.29 is 4.42 Å². The molecular formula is C64H63BN2O. The molecule has 338 valence electrons. The first-order valence-electron chi connectivity index (χ1n) is 25.5. The molecule has 5 aliphatic rings. The molecule has 0 spiro atoms. The van der Waals surface area contributed by atoms with Crippen LogP contribution < -0.4 is 26.2 Å². The Morgan fingerprint density at radius 3 is 1.75 bits per heavy atom. The second-order valence-corrected chi connectivity index (χ2v) is 23.9. The molecule has 4 heterocycles. The van der Waals surface area contributed by atoms with Crippen LogP contribution in [0.1, 0.15) is 123 Å². The molecule has 1 saturated carbocycles. The van der Waals surface area contributed by atoms with Crippen LogP contribution in [0.5, 0.6) is 0 Å². The van der Waals surface area contributed by atoms with E-state index in [1.165, 1.54) is 114 Å². The number of rotatable bonds is 4. The Morgan fingerprint density at radius 1 is 0.515 bits per heavy atom. The van der Waals surface area contributed by atoms with Gasteiger partial charge in [0.05, 0.1) is 11.2 Å². The van der Waals surface area contributed by atoms with Crippen LogP contribution in [-0.4, -0.2) is 12.3 Å². The van der Waals surface area contributed by atoms with Gasteiger partial charge >= 0.3 is 0 Å². The second kappa shape index (κ2) is 14.2. The number of hydrogen-bond acceptors (Lipinski definition) is 3. The van der Waals surface area contributed by atoms with E-state index in [0.29, 0.717) is 0 Å². The molecule has 13 rings (SSSR count). The van der Waals surface area contributed by atoms with Crippen LogP contribution in [0, 0.1) is 0 Å². The molecule has 1 fully saturated rings. The number of hydrogen-bond donors (Lipinski definition) is 0. The first-order chi connectivity index (χ1) is 32.6. The van der Waals surface area contributed by atoms with E-state index in [-0.39, 0.29) is 33.9 Å². The summed E-state index contributed by atoms with van der Waals surface area (Å²) in [7, 11) is 0. The molecule has 0 amide bonds. The molecule has 2 aliphatic carbocycles. The van der Waals surface area contributed by atoms with Crippen molar-refractivity contribution >= 4 is 62.7 Å². The van der Waals surface area contributed by atoms with Gasteiger partial charge in [-0.3, -0.25) is 4.90 Å². The van der Waals surface area contributed by atoms with Crippen LogP contribution in [0.4, 0.5) is 28.6 Å². The lowest BCUT2D eigenvalue weighted by atomic mass is 9.33. The molecule has 0 bridgehead atoms. The first-order valence-corrected chi connectivity index (χ1v) is 25.5. The van der Waals surface area contributed by atoms with Crippen molar-refractivity contribution in [3.63, 3.8) is 0 Å². The van der Waals surface area contributed by atoms with Crippen LogP contribution in [0.2, 0.25) is 0 Å². The summed E-state index contributed by atoms with van der Waals surface area (Å²) in [6.07, 6.45) is 7.08. The van der Waals surface area contributed by atoms with Gasteiger partial charge < -0.3 is 9.32 Å². The lowest BCUT2D eigenvalue weighted by Crippen LogP contribution is -2.64. The molecule has 7 aromatic carbocycles. The van der Waals surface area contributed by atoms with E-state index < -0.39 is 0 Å². The Morgan fingerprint density at radius 2 is 1.10 bits per heavy atom. The number of anilines is 5. The summed E-state index contributed by atoms with van der Waals surface area (Å²) < 4.78 is 7.72. The standard InChI is InChI=1S/C64H63BN2O/c1-60(2,3)45-27-28-52(46(37-45)42-25-17-12-18-26-42)66-53-35-44(41-23-15-11-16-24-41)36-54-57(53)65(56-47-38-48-49(39-55(47)68-59(56)66)62(6,7)32-31-61(48,4)5)51-34-43(40-21-13-10-14-22-40)33-50-58(51)67(54)64(9)30-20-19-29-63(50,64)8/h10-18,21-28,33-39H,19-20,29-32H2,1-9H3. The zero-order valence-corrected chi connectivity index (χ0v) is 41.5. The van der Waals surface area contributed by atoms with Crippen molar-refractivity contribution in [1.29, 1.82) is 0 Å². The Labute approximate surface area is 404 Å². The summed E-state index contributed by atoms with van der Waals surface area (Å²) in [5.74, 6) is 0.937. The van der Waals surface area contributed by atoms with Crippen molar-refractivity contribution in [3.05, 3.63) is 168 Å². The Hall–Kier alpha value is -6.26. The lowest BCUT2D eigenvalue weighted by Gasteiger charge is -2.52. The van der Waals surface area contributed by atoms with Gasteiger partial charge in [0.25, 0.3) is 6.71 Å². The fourth-order valence-corrected chi connectivity index (χ4v) is 13.8. The summed E-state index contributed by atoms with van der Waals surface area (Å²) in [6.45, 7) is 21.9. The van der Waals surface area contributed by atoms with Gasteiger partial charge in [-0.05, 0) is 152 Å². The molecule has 68 heavy (non-hydrogen) atoms. The second-order valence-electron chi connectivity index (χ2n) is 23.9. The fourth-order valence-electron chi connectivity index (χ4n) is 13.8. The van der Waals surface area contributed by atoms with E-state index in [1.54, 1.807) is 0 Å². The monoisotopic (exact) mass is 887 g/mol. The summed E-state index contributed by atoms with van der Waals surface area (Å²) in [5.41, 5.74) is 23.2. The average Bonchev–Trinajstić information content (AvgIpc) is 3.81. The molecule has 0 saturated heterocycles. The van der Waals surface area contributed by atoms with Crippen LogP contribution in [0.15, 0.2) is 150 Å². The normalized spacial score (nSPS) is 21.5. The third kappa shape index (κ3) is 5.73. The molecule has 0 radical (unpaired) electrons. The van der Waals surface area contributed by atoms with Crippen molar-refractivity contribution in [3.8, 4) is 33.4 Å². The highest BCUT2D eigenvalue weighted by molar-refractivity contribution is 7.01. The van der Waals surface area contributed by atoms with Crippen molar-refractivity contribution in [2.45, 2.75) is 128 Å². The third-order valence-electron chi connectivity index (χ3n) is 18.0. The van der Waals surface area contributed by atoms with Gasteiger partial charge in [0.15, 0.2) is 0 Å². The maximum atomic E-state index is 7.72. The van der Waals surface area contributed by atoms with E-state index in [9.17, 15) is 0 Å². The number of nitrogens with zero attached hydrogens (tertiary/aromatic N) is 2. The Bertz CT molecular complexity index is 3380. The number of fused-ring (bicyclic) bond motifs is 10. The quantitative estimate of drug-likeness (QED) is 0.164. The van der Waals surface area contributed by atoms with Crippen molar-refractivity contribution in [2.75, 3.05) is 9.80 Å². The maximum absolute atomic E-state index is 7.72. The summed E-state index contributed by atoms with van der Waals surface area (Å²) >= 11 is 0. The number of benzene rings is 7. The Balaban J connectivity index is 1.21. The van der Waals surface area contributed by atoms with Gasteiger partial charge in [0.2, 0.25) is 5.88 Å². The lowest BCUT2D eigenvalue weighted by molar-refractivity contribution is 0.195. The van der Waals surface area contributed by atoms with Crippen LogP contribution >= 0.6 is 0 Å². The predicted molar refractivity (Wildman–Crippen MR) is 289 cm³/mol. The van der Waals surface area contributed by atoms with Gasteiger partial charge in [-0.2, -0.15) is 0 Å². The minimum atomic E-state index is -0.131. The molecule has 3 nitrogen and oxygen atoms in total. The molecule has 1 aromatic heterocycles. The average molecular weight is 887 g/mol. The maximum Gasteiger partial charge on any atom is 0.257 e. The molecule has 8 aromatic rings.